The van der Waals surface area contributed by atoms with Crippen molar-refractivity contribution in [2.75, 3.05) is 39.3 Å². The number of ether oxygens (including phenoxy) is 2. The second-order valence-corrected chi connectivity index (χ2v) is 21.0. The van der Waals surface area contributed by atoms with Crippen LogP contribution in [-0.4, -0.2) is 129 Å². The molecule has 0 spiro atoms. The van der Waals surface area contributed by atoms with Crippen LogP contribution in [0.15, 0.2) is 109 Å². The summed E-state index contributed by atoms with van der Waals surface area (Å²) in [5.74, 6) is -1.86. The number of hydrogen-bond acceptors (Lipinski definition) is 14. The van der Waals surface area contributed by atoms with E-state index in [1.807, 2.05) is 29.8 Å². The van der Waals surface area contributed by atoms with Crippen molar-refractivity contribution >= 4 is 80.7 Å². The topological polar surface area (TPSA) is 211 Å². The van der Waals surface area contributed by atoms with Gasteiger partial charge >= 0.3 is 7.12 Å². The molecule has 386 valence electrons. The van der Waals surface area contributed by atoms with Crippen molar-refractivity contribution < 1.29 is 48.9 Å². The first kappa shape index (κ1) is 53.1. The van der Waals surface area contributed by atoms with E-state index in [2.05, 4.69) is 31.5 Å². The minimum Gasteiger partial charge on any atom is -0.489 e. The van der Waals surface area contributed by atoms with Crippen LogP contribution in [0.2, 0.25) is 10.0 Å². The number of amides is 2. The highest BCUT2D eigenvalue weighted by Gasteiger charge is 2.33. The highest BCUT2D eigenvalue weighted by molar-refractivity contribution is 7.16. The lowest BCUT2D eigenvalue weighted by molar-refractivity contribution is -0.119. The molecule has 2 aliphatic carbocycles. The zero-order valence-corrected chi connectivity index (χ0v) is 42.9. The Morgan fingerprint density at radius 3 is 1.50 bits per heavy atom. The summed E-state index contributed by atoms with van der Waals surface area (Å²) in [5.41, 5.74) is 6.43. The molecule has 4 fully saturated rings. The fourth-order valence-corrected chi connectivity index (χ4v) is 10.3. The van der Waals surface area contributed by atoms with Crippen LogP contribution in [0.4, 0.5) is 0 Å². The quantitative estimate of drug-likeness (QED) is 0.0267. The van der Waals surface area contributed by atoms with Gasteiger partial charge in [0.2, 0.25) is 11.6 Å². The van der Waals surface area contributed by atoms with Gasteiger partial charge < -0.3 is 50.2 Å². The van der Waals surface area contributed by atoms with E-state index in [1.54, 1.807) is 59.9 Å². The fourth-order valence-electron chi connectivity index (χ4n) is 9.11. The van der Waals surface area contributed by atoms with Crippen molar-refractivity contribution in [2.24, 2.45) is 0 Å². The molecule has 2 aliphatic heterocycles. The van der Waals surface area contributed by atoms with Crippen LogP contribution in [0.1, 0.15) is 95.4 Å². The number of rotatable bonds is 20. The number of ketones is 2. The van der Waals surface area contributed by atoms with Crippen molar-refractivity contribution in [3.05, 3.63) is 141 Å². The zero-order valence-electron chi connectivity index (χ0n) is 40.6. The number of carbonyl (C=O) groups excluding carboxylic acids is 4. The number of fused-ring (bicyclic) bond motifs is 1. The Labute approximate surface area is 443 Å². The highest BCUT2D eigenvalue weighted by Crippen LogP contribution is 2.36. The van der Waals surface area contributed by atoms with Gasteiger partial charge in [0.15, 0.2) is 0 Å². The number of thiazole rings is 1. The molecular weight excluding hydrogens is 1000 g/mol. The summed E-state index contributed by atoms with van der Waals surface area (Å²) in [7, 11) is -1.66. The first-order valence-corrected chi connectivity index (χ1v) is 26.7. The van der Waals surface area contributed by atoms with Crippen LogP contribution < -0.4 is 25.6 Å². The SMILES string of the molecule is O=C(N[C@H](CN1CCCC1)[C@H](O)c1ccc(OC2CC2)c(Cl)c1)C(=O)c1ccc(-c2ccc3ncsc3c2)cc1.O=C(N[C@H](CN1CCCC1)[C@H](O)c1ccc(OC2CC2)c(Cl)c1)C(=O)c1ccc(B(O)O)cc1. The average Bonchev–Trinajstić information content (AvgIpc) is 4.20. The summed E-state index contributed by atoms with van der Waals surface area (Å²) in [5, 5.41) is 47.2. The van der Waals surface area contributed by atoms with Gasteiger partial charge in [0.05, 0.1) is 50.1 Å². The standard InChI is InChI=1S/C31H30ClN3O4S.C24H28BClN2O6/c32-24-15-22(8-12-27(24)39-23-9-10-23)29(36)26(17-35-13-1-2-14-35)34-31(38)30(37)20-5-3-19(4-6-20)21-7-11-25-28(16-21)40-18-33-25;26-19-13-16(5-10-21(19)34-18-8-9-18)22(29)20(14-28-11-1-2-12-28)27-24(31)23(30)15-3-6-17(7-4-15)25(32)33/h3-8,11-12,15-16,18,23,26,29,36H,1-2,9-10,13-14,17H2,(H,34,38);3-7,10,13,18,20,22,29,32-33H,1-2,8-9,11-12,14H2,(H,27,31)/t26-,29-;20-,22-/m11/s1. The normalized spacial score (nSPS) is 17.4. The van der Waals surface area contributed by atoms with Crippen LogP contribution in [0.25, 0.3) is 21.3 Å². The van der Waals surface area contributed by atoms with Crippen molar-refractivity contribution in [1.82, 2.24) is 25.4 Å². The molecule has 6 aromatic rings. The van der Waals surface area contributed by atoms with Gasteiger partial charge in [-0.25, -0.2) is 4.98 Å². The lowest BCUT2D eigenvalue weighted by Crippen LogP contribution is -2.48. The number of hydrogen-bond donors (Lipinski definition) is 6. The van der Waals surface area contributed by atoms with Gasteiger partial charge in [-0.05, 0) is 142 Å². The molecule has 4 atom stereocenters. The number of aliphatic hydroxyl groups is 2. The minimum absolute atomic E-state index is 0.112. The smallest absolute Gasteiger partial charge is 0.488 e. The molecule has 2 saturated carbocycles. The maximum Gasteiger partial charge on any atom is 0.488 e. The number of Topliss-reactive ketones (excluding diaryl/α,β-unsaturated/α-hetero) is 2. The number of aromatic nitrogens is 1. The van der Waals surface area contributed by atoms with Gasteiger partial charge in [-0.1, -0.05) is 89.9 Å². The largest absolute Gasteiger partial charge is 0.489 e. The summed E-state index contributed by atoms with van der Waals surface area (Å²) < 4.78 is 12.7. The third-order valence-electron chi connectivity index (χ3n) is 13.6. The van der Waals surface area contributed by atoms with Crippen molar-refractivity contribution in [3.8, 4) is 22.6 Å². The van der Waals surface area contributed by atoms with E-state index in [-0.39, 0.29) is 23.2 Å². The molecule has 0 radical (unpaired) electrons. The Morgan fingerprint density at radius 2 is 1.07 bits per heavy atom. The molecule has 19 heteroatoms. The van der Waals surface area contributed by atoms with Crippen molar-refractivity contribution in [3.63, 3.8) is 0 Å². The first-order valence-electron chi connectivity index (χ1n) is 25.1. The molecule has 0 unspecified atom stereocenters. The number of aliphatic hydroxyl groups excluding tert-OH is 2. The zero-order chi connectivity index (χ0) is 51.9. The van der Waals surface area contributed by atoms with E-state index < -0.39 is 54.8 Å². The summed E-state index contributed by atoms with van der Waals surface area (Å²) in [4.78, 5) is 60.4. The average molecular weight is 1060 g/mol. The third-order valence-corrected chi connectivity index (χ3v) is 15.0. The second-order valence-electron chi connectivity index (χ2n) is 19.3. The van der Waals surface area contributed by atoms with Crippen LogP contribution in [0, 0.1) is 0 Å². The summed E-state index contributed by atoms with van der Waals surface area (Å²) in [6, 6.07) is 27.4. The molecule has 2 amide bonds. The van der Waals surface area contributed by atoms with Gasteiger partial charge in [0.25, 0.3) is 11.8 Å². The van der Waals surface area contributed by atoms with E-state index in [4.69, 9.17) is 32.7 Å². The Balaban J connectivity index is 0.000000184. The maximum atomic E-state index is 13.1. The van der Waals surface area contributed by atoms with Crippen molar-refractivity contribution in [1.29, 1.82) is 0 Å². The predicted octanol–water partition coefficient (Wildman–Crippen LogP) is 6.71. The van der Waals surface area contributed by atoms with Crippen LogP contribution in [0.5, 0.6) is 11.5 Å². The maximum absolute atomic E-state index is 13.1. The van der Waals surface area contributed by atoms with Gasteiger partial charge in [-0.15, -0.1) is 11.3 Å². The highest BCUT2D eigenvalue weighted by atomic mass is 35.5. The number of likely N-dealkylation sites (tertiary alicyclic amines) is 2. The molecule has 74 heavy (non-hydrogen) atoms. The Kier molecular flexibility index (Phi) is 17.4. The van der Waals surface area contributed by atoms with E-state index in [1.165, 1.54) is 24.3 Å². The van der Waals surface area contributed by atoms with Gasteiger partial charge in [0, 0.05) is 24.2 Å². The van der Waals surface area contributed by atoms with Crippen LogP contribution in [0.3, 0.4) is 0 Å². The molecule has 5 aromatic carbocycles. The Morgan fingerprint density at radius 1 is 0.622 bits per heavy atom. The molecule has 0 bridgehead atoms. The Hall–Kier alpha value is -5.73. The molecule has 15 nitrogen and oxygen atoms in total. The lowest BCUT2D eigenvalue weighted by atomic mass is 9.80. The predicted molar refractivity (Wildman–Crippen MR) is 285 cm³/mol. The van der Waals surface area contributed by atoms with Crippen LogP contribution in [-0.2, 0) is 9.59 Å². The molecular formula is C55H58BCl2N5O10S. The molecule has 4 aliphatic rings. The number of carbonyl (C=O) groups is 4. The molecule has 10 rings (SSSR count). The molecule has 2 saturated heterocycles. The first-order chi connectivity index (χ1) is 35.8. The second kappa shape index (κ2) is 24.3. The number of nitrogens with zero attached hydrogens (tertiary/aromatic N) is 3. The molecule has 3 heterocycles. The van der Waals surface area contributed by atoms with E-state index >= 15 is 0 Å². The summed E-state index contributed by atoms with van der Waals surface area (Å²) >= 11 is 14.4. The summed E-state index contributed by atoms with van der Waals surface area (Å²) in [6.07, 6.45) is 6.51. The Bertz CT molecular complexity index is 2940. The van der Waals surface area contributed by atoms with Gasteiger partial charge in [-0.2, -0.15) is 0 Å². The number of nitrogens with one attached hydrogen (secondary N) is 2. The van der Waals surface area contributed by atoms with E-state index in [9.17, 15) is 39.4 Å². The molecule has 1 aromatic heterocycles. The number of benzene rings is 5. The van der Waals surface area contributed by atoms with E-state index in [0.717, 1.165) is 98.9 Å². The van der Waals surface area contributed by atoms with E-state index in [0.29, 0.717) is 51.3 Å². The molecule has 6 N–H and O–H groups in total. The van der Waals surface area contributed by atoms with Gasteiger partial charge in [-0.3, -0.25) is 19.2 Å². The minimum atomic E-state index is -1.66. The van der Waals surface area contributed by atoms with Crippen molar-refractivity contribution in [2.45, 2.75) is 87.9 Å². The third kappa shape index (κ3) is 13.8. The van der Waals surface area contributed by atoms with Gasteiger partial charge in [0.1, 0.15) is 23.7 Å². The number of halogens is 2. The monoisotopic (exact) mass is 1060 g/mol. The fraction of sp³-hybridized carbons (Fsp3) is 0.364. The summed E-state index contributed by atoms with van der Waals surface area (Å²) in [6.45, 7) is 4.29. The van der Waals surface area contributed by atoms with Crippen LogP contribution >= 0.6 is 34.5 Å². The lowest BCUT2D eigenvalue weighted by Gasteiger charge is -2.28.